The molecule has 2 unspecified atom stereocenters. The van der Waals surface area contributed by atoms with Crippen LogP contribution in [0, 0.1) is 5.92 Å². The molecule has 0 spiro atoms. The fourth-order valence-electron chi connectivity index (χ4n) is 1.40. The summed E-state index contributed by atoms with van der Waals surface area (Å²) in [5.41, 5.74) is 6.61. The third-order valence-electron chi connectivity index (χ3n) is 2.22. The van der Waals surface area contributed by atoms with Gasteiger partial charge in [0, 0.05) is 13.0 Å². The molecule has 1 aromatic heterocycles. The van der Waals surface area contributed by atoms with Crippen LogP contribution in [0.1, 0.15) is 18.0 Å². The van der Waals surface area contributed by atoms with E-state index in [0.717, 1.165) is 12.2 Å². The third-order valence-corrected chi connectivity index (χ3v) is 2.22. The molecule has 2 atom stereocenters. The highest BCUT2D eigenvalue weighted by Gasteiger charge is 2.38. The first-order valence-corrected chi connectivity index (χ1v) is 3.87. The standard InChI is InChI=1S/C7H12N4/c1-11-9-4-7(10-11)6-2-5(6)3-8/h4-6H,2-3,8H2,1H3. The van der Waals surface area contributed by atoms with Crippen molar-refractivity contribution in [2.75, 3.05) is 6.54 Å². The molecule has 0 aromatic carbocycles. The summed E-state index contributed by atoms with van der Waals surface area (Å²) in [6, 6.07) is 0. The van der Waals surface area contributed by atoms with Gasteiger partial charge in [0.1, 0.15) is 0 Å². The Morgan fingerprint density at radius 1 is 1.82 bits per heavy atom. The lowest BCUT2D eigenvalue weighted by molar-refractivity contribution is 0.641. The van der Waals surface area contributed by atoms with Gasteiger partial charge in [0.25, 0.3) is 0 Å². The highest BCUT2D eigenvalue weighted by Crippen LogP contribution is 2.45. The van der Waals surface area contributed by atoms with Crippen LogP contribution in [0.5, 0.6) is 0 Å². The van der Waals surface area contributed by atoms with Gasteiger partial charge in [-0.25, -0.2) is 0 Å². The minimum absolute atomic E-state index is 0.591. The molecule has 1 heterocycles. The van der Waals surface area contributed by atoms with Crippen molar-refractivity contribution < 1.29 is 0 Å². The highest BCUT2D eigenvalue weighted by molar-refractivity contribution is 5.13. The number of hydrogen-bond donors (Lipinski definition) is 1. The number of nitrogens with two attached hydrogens (primary N) is 1. The number of hydrogen-bond acceptors (Lipinski definition) is 3. The molecule has 0 aliphatic heterocycles. The van der Waals surface area contributed by atoms with Crippen molar-refractivity contribution >= 4 is 0 Å². The first kappa shape index (κ1) is 6.79. The molecule has 1 aliphatic rings. The van der Waals surface area contributed by atoms with Gasteiger partial charge in [0.2, 0.25) is 0 Å². The summed E-state index contributed by atoms with van der Waals surface area (Å²) in [4.78, 5) is 1.60. The minimum Gasteiger partial charge on any atom is -0.330 e. The largest absolute Gasteiger partial charge is 0.330 e. The van der Waals surface area contributed by atoms with E-state index in [9.17, 15) is 0 Å². The molecule has 0 radical (unpaired) electrons. The number of rotatable bonds is 2. The Kier molecular flexibility index (Phi) is 1.42. The average Bonchev–Trinajstić information content (AvgIpc) is 2.68. The van der Waals surface area contributed by atoms with Gasteiger partial charge in [-0.15, -0.1) is 0 Å². The summed E-state index contributed by atoms with van der Waals surface area (Å²) in [7, 11) is 1.84. The summed E-state index contributed by atoms with van der Waals surface area (Å²) in [5, 5.41) is 8.23. The molecule has 1 fully saturated rings. The fourth-order valence-corrected chi connectivity index (χ4v) is 1.40. The van der Waals surface area contributed by atoms with Gasteiger partial charge in [0.05, 0.1) is 11.9 Å². The first-order valence-electron chi connectivity index (χ1n) is 3.87. The number of aryl methyl sites for hydroxylation is 1. The van der Waals surface area contributed by atoms with Gasteiger partial charge in [-0.05, 0) is 18.9 Å². The Balaban J connectivity index is 2.08. The van der Waals surface area contributed by atoms with Gasteiger partial charge in [-0.3, -0.25) is 0 Å². The predicted molar refractivity (Wildman–Crippen MR) is 40.9 cm³/mol. The van der Waals surface area contributed by atoms with E-state index < -0.39 is 0 Å². The smallest absolute Gasteiger partial charge is 0.0861 e. The SMILES string of the molecule is Cn1ncc(C2CC2CN)n1. The van der Waals surface area contributed by atoms with Gasteiger partial charge in [0.15, 0.2) is 0 Å². The summed E-state index contributed by atoms with van der Waals surface area (Å²) < 4.78 is 0. The number of nitrogens with zero attached hydrogens (tertiary/aromatic N) is 3. The Morgan fingerprint density at radius 3 is 3.09 bits per heavy atom. The normalized spacial score (nSPS) is 28.9. The van der Waals surface area contributed by atoms with Crippen LogP contribution in [0.2, 0.25) is 0 Å². The lowest BCUT2D eigenvalue weighted by atomic mass is 10.2. The summed E-state index contributed by atoms with van der Waals surface area (Å²) in [6.07, 6.45) is 3.02. The Morgan fingerprint density at radius 2 is 2.64 bits per heavy atom. The molecular weight excluding hydrogens is 140 g/mol. The van der Waals surface area contributed by atoms with E-state index >= 15 is 0 Å². The van der Waals surface area contributed by atoms with E-state index in [1.807, 2.05) is 13.2 Å². The zero-order valence-electron chi connectivity index (χ0n) is 6.57. The zero-order valence-corrected chi connectivity index (χ0v) is 6.57. The second-order valence-corrected chi connectivity index (χ2v) is 3.10. The number of aromatic nitrogens is 3. The monoisotopic (exact) mass is 152 g/mol. The van der Waals surface area contributed by atoms with Crippen molar-refractivity contribution in [3.63, 3.8) is 0 Å². The predicted octanol–water partition coefficient (Wildman–Crippen LogP) is -0.123. The lowest BCUT2D eigenvalue weighted by Gasteiger charge is -1.89. The minimum atomic E-state index is 0.591. The highest BCUT2D eigenvalue weighted by atomic mass is 15.4. The third kappa shape index (κ3) is 1.14. The van der Waals surface area contributed by atoms with E-state index in [0.29, 0.717) is 11.8 Å². The second-order valence-electron chi connectivity index (χ2n) is 3.10. The van der Waals surface area contributed by atoms with Crippen LogP contribution in [0.3, 0.4) is 0 Å². The van der Waals surface area contributed by atoms with Crippen LogP contribution in [0.4, 0.5) is 0 Å². The van der Waals surface area contributed by atoms with Gasteiger partial charge in [-0.2, -0.15) is 15.0 Å². The molecule has 2 rings (SSSR count). The van der Waals surface area contributed by atoms with Gasteiger partial charge in [-0.1, -0.05) is 0 Å². The average molecular weight is 152 g/mol. The molecule has 0 amide bonds. The fraction of sp³-hybridized carbons (Fsp3) is 0.714. The van der Waals surface area contributed by atoms with Crippen LogP contribution in [0.15, 0.2) is 6.20 Å². The topological polar surface area (TPSA) is 56.7 Å². The van der Waals surface area contributed by atoms with Crippen LogP contribution < -0.4 is 5.73 Å². The molecule has 60 valence electrons. The van der Waals surface area contributed by atoms with E-state index in [-0.39, 0.29) is 0 Å². The maximum atomic E-state index is 5.51. The van der Waals surface area contributed by atoms with Crippen LogP contribution in [-0.4, -0.2) is 21.5 Å². The Labute approximate surface area is 65.4 Å². The molecule has 0 bridgehead atoms. The van der Waals surface area contributed by atoms with Crippen molar-refractivity contribution in [3.8, 4) is 0 Å². The van der Waals surface area contributed by atoms with E-state index in [2.05, 4.69) is 10.2 Å². The molecular formula is C7H12N4. The van der Waals surface area contributed by atoms with Crippen LogP contribution in [-0.2, 0) is 7.05 Å². The van der Waals surface area contributed by atoms with E-state index in [1.54, 1.807) is 4.80 Å². The van der Waals surface area contributed by atoms with Crippen molar-refractivity contribution in [2.45, 2.75) is 12.3 Å². The summed E-state index contributed by atoms with van der Waals surface area (Å²) in [6.45, 7) is 0.779. The van der Waals surface area contributed by atoms with Crippen LogP contribution in [0.25, 0.3) is 0 Å². The van der Waals surface area contributed by atoms with Gasteiger partial charge < -0.3 is 5.73 Å². The Bertz CT molecular complexity index is 255. The molecule has 1 saturated carbocycles. The van der Waals surface area contributed by atoms with Gasteiger partial charge >= 0.3 is 0 Å². The molecule has 1 aliphatic carbocycles. The molecule has 4 heteroatoms. The maximum Gasteiger partial charge on any atom is 0.0861 e. The second kappa shape index (κ2) is 2.30. The summed E-state index contributed by atoms with van der Waals surface area (Å²) in [5.74, 6) is 1.25. The van der Waals surface area contributed by atoms with Crippen LogP contribution >= 0.6 is 0 Å². The Hall–Kier alpha value is -0.900. The quantitative estimate of drug-likeness (QED) is 0.642. The molecule has 4 nitrogen and oxygen atoms in total. The molecule has 2 N–H and O–H groups in total. The molecule has 1 aromatic rings. The molecule has 11 heavy (non-hydrogen) atoms. The molecule has 0 saturated heterocycles. The summed E-state index contributed by atoms with van der Waals surface area (Å²) >= 11 is 0. The van der Waals surface area contributed by atoms with E-state index in [4.69, 9.17) is 5.73 Å². The zero-order chi connectivity index (χ0) is 7.84. The maximum absolute atomic E-state index is 5.51. The van der Waals surface area contributed by atoms with E-state index in [1.165, 1.54) is 6.42 Å². The lowest BCUT2D eigenvalue weighted by Crippen LogP contribution is -2.02. The van der Waals surface area contributed by atoms with Crippen molar-refractivity contribution in [1.82, 2.24) is 15.0 Å². The first-order chi connectivity index (χ1) is 5.31. The van der Waals surface area contributed by atoms with Crippen molar-refractivity contribution in [1.29, 1.82) is 0 Å². The van der Waals surface area contributed by atoms with Crippen molar-refractivity contribution in [2.24, 2.45) is 18.7 Å². The van der Waals surface area contributed by atoms with Crippen molar-refractivity contribution in [3.05, 3.63) is 11.9 Å².